The molecule has 6 nitrogen and oxygen atoms in total. The normalized spacial score (nSPS) is 11.4. The van der Waals surface area contributed by atoms with Crippen molar-refractivity contribution in [3.05, 3.63) is 0 Å². The first kappa shape index (κ1) is 14.7. The van der Waals surface area contributed by atoms with Gasteiger partial charge in [-0.05, 0) is 20.8 Å². The standard InChI is InChI=1S/C7H16O6SSi/c1-4-10-15(11-5-2,12-6-3)14-13-7(8)9/h4-6H2,1-3H3,(H,8,9). The molecule has 0 fully saturated rings. The summed E-state index contributed by atoms with van der Waals surface area (Å²) >= 11 is 0.624. The molecule has 0 atom stereocenters. The fourth-order valence-corrected chi connectivity index (χ4v) is 4.46. The van der Waals surface area contributed by atoms with E-state index in [9.17, 15) is 4.79 Å². The third-order valence-electron chi connectivity index (χ3n) is 1.18. The summed E-state index contributed by atoms with van der Waals surface area (Å²) in [5, 5.41) is 8.39. The third-order valence-corrected chi connectivity index (χ3v) is 5.46. The van der Waals surface area contributed by atoms with Gasteiger partial charge in [0.1, 0.15) is 11.5 Å². The van der Waals surface area contributed by atoms with Crippen molar-refractivity contribution >= 4 is 25.6 Å². The van der Waals surface area contributed by atoms with E-state index < -0.39 is 14.1 Å². The molecule has 0 aliphatic rings. The smallest absolute Gasteiger partial charge is 0.449 e. The molecule has 0 amide bonds. The molecule has 1 N–H and O–H groups in total. The molecule has 90 valence electrons. The summed E-state index contributed by atoms with van der Waals surface area (Å²) in [5.74, 6) is 0. The van der Waals surface area contributed by atoms with Gasteiger partial charge in [-0.1, -0.05) is 0 Å². The van der Waals surface area contributed by atoms with Crippen LogP contribution < -0.4 is 0 Å². The maximum absolute atomic E-state index is 10.3. The van der Waals surface area contributed by atoms with E-state index in [2.05, 4.69) is 4.18 Å². The molecule has 0 spiro atoms. The average molecular weight is 256 g/mol. The number of rotatable bonds is 8. The zero-order valence-corrected chi connectivity index (χ0v) is 10.8. The van der Waals surface area contributed by atoms with E-state index in [1.165, 1.54) is 0 Å². The number of hydrogen-bond acceptors (Lipinski definition) is 6. The van der Waals surface area contributed by atoms with Crippen molar-refractivity contribution in [3.8, 4) is 0 Å². The van der Waals surface area contributed by atoms with Crippen molar-refractivity contribution in [1.29, 1.82) is 0 Å². The fraction of sp³-hybridized carbons (Fsp3) is 0.857. The van der Waals surface area contributed by atoms with Gasteiger partial charge in [0.25, 0.3) is 0 Å². The SMILES string of the molecule is CCO[Si](OCC)(OCC)SOC(=O)O. The lowest BCUT2D eigenvalue weighted by Gasteiger charge is -2.24. The molecule has 0 aromatic heterocycles. The summed E-state index contributed by atoms with van der Waals surface area (Å²) in [4.78, 5) is 10.3. The molecular weight excluding hydrogens is 240 g/mol. The monoisotopic (exact) mass is 256 g/mol. The highest BCUT2D eigenvalue weighted by molar-refractivity contribution is 8.23. The zero-order valence-electron chi connectivity index (χ0n) is 9.02. The van der Waals surface area contributed by atoms with Crippen molar-refractivity contribution < 1.29 is 27.4 Å². The summed E-state index contributed by atoms with van der Waals surface area (Å²) in [5.41, 5.74) is 0. The third kappa shape index (κ3) is 6.00. The topological polar surface area (TPSA) is 74.2 Å². The quantitative estimate of drug-likeness (QED) is 0.525. The largest absolute Gasteiger partial charge is 0.614 e. The molecule has 0 saturated carbocycles. The molecule has 0 aromatic rings. The Morgan fingerprint density at radius 2 is 1.53 bits per heavy atom. The molecule has 0 aromatic carbocycles. The van der Waals surface area contributed by atoms with E-state index in [1.807, 2.05) is 0 Å². The lowest BCUT2D eigenvalue weighted by atomic mass is 10.9. The minimum absolute atomic E-state index is 0.377. The van der Waals surface area contributed by atoms with Crippen LogP contribution in [0.2, 0.25) is 0 Å². The van der Waals surface area contributed by atoms with E-state index in [-0.39, 0.29) is 0 Å². The Morgan fingerprint density at radius 1 is 1.13 bits per heavy atom. The van der Waals surface area contributed by atoms with Crippen LogP contribution in [-0.2, 0) is 17.5 Å². The Morgan fingerprint density at radius 3 is 1.80 bits per heavy atom. The van der Waals surface area contributed by atoms with Crippen molar-refractivity contribution in [2.24, 2.45) is 0 Å². The van der Waals surface area contributed by atoms with Gasteiger partial charge in [-0.15, -0.1) is 0 Å². The first-order valence-corrected chi connectivity index (χ1v) is 7.79. The van der Waals surface area contributed by atoms with Crippen molar-refractivity contribution in [2.75, 3.05) is 19.8 Å². The minimum Gasteiger partial charge on any atom is -0.449 e. The van der Waals surface area contributed by atoms with Crippen LogP contribution in [0.25, 0.3) is 0 Å². The van der Waals surface area contributed by atoms with Gasteiger partial charge in [0.15, 0.2) is 0 Å². The van der Waals surface area contributed by atoms with Crippen LogP contribution in [0.4, 0.5) is 4.79 Å². The predicted octanol–water partition coefficient (Wildman–Crippen LogP) is 1.87. The summed E-state index contributed by atoms with van der Waals surface area (Å²) in [6, 6.07) is 0. The molecule has 0 rings (SSSR count). The maximum atomic E-state index is 10.3. The van der Waals surface area contributed by atoms with Crippen LogP contribution in [0.5, 0.6) is 0 Å². The van der Waals surface area contributed by atoms with Crippen LogP contribution in [0, 0.1) is 0 Å². The summed E-state index contributed by atoms with van der Waals surface area (Å²) in [6.07, 6.45) is -1.39. The Balaban J connectivity index is 4.37. The Kier molecular flexibility index (Phi) is 7.79. The van der Waals surface area contributed by atoms with Crippen molar-refractivity contribution in [3.63, 3.8) is 0 Å². The zero-order chi connectivity index (χ0) is 11.7. The van der Waals surface area contributed by atoms with E-state index in [1.54, 1.807) is 20.8 Å². The van der Waals surface area contributed by atoms with Gasteiger partial charge in [0.2, 0.25) is 0 Å². The first-order valence-electron chi connectivity index (χ1n) is 4.60. The Hall–Kier alpha value is -0.283. The molecule has 0 heterocycles. The van der Waals surface area contributed by atoms with Gasteiger partial charge in [0, 0.05) is 19.8 Å². The highest BCUT2D eigenvalue weighted by Gasteiger charge is 2.46. The van der Waals surface area contributed by atoms with Gasteiger partial charge in [-0.2, -0.15) is 0 Å². The Bertz CT molecular complexity index is 173. The van der Waals surface area contributed by atoms with Crippen molar-refractivity contribution in [2.45, 2.75) is 20.8 Å². The molecule has 0 unspecified atom stereocenters. The highest BCUT2D eigenvalue weighted by atomic mass is 32.4. The summed E-state index contributed by atoms with van der Waals surface area (Å²) < 4.78 is 20.4. The lowest BCUT2D eigenvalue weighted by molar-refractivity contribution is 0.0928. The Labute approximate surface area is 94.1 Å². The second-order valence-electron chi connectivity index (χ2n) is 2.23. The second kappa shape index (κ2) is 7.94. The molecule has 15 heavy (non-hydrogen) atoms. The minimum atomic E-state index is -3.04. The fourth-order valence-electron chi connectivity index (χ4n) is 0.814. The van der Waals surface area contributed by atoms with Gasteiger partial charge < -0.3 is 22.6 Å². The lowest BCUT2D eigenvalue weighted by Crippen LogP contribution is -2.43. The van der Waals surface area contributed by atoms with Crippen LogP contribution >= 0.6 is 11.5 Å². The van der Waals surface area contributed by atoms with Gasteiger partial charge in [0.05, 0.1) is 0 Å². The van der Waals surface area contributed by atoms with E-state index >= 15 is 0 Å². The average Bonchev–Trinajstić information content (AvgIpc) is 2.16. The predicted molar refractivity (Wildman–Crippen MR) is 57.3 cm³/mol. The van der Waals surface area contributed by atoms with Gasteiger partial charge in [-0.3, -0.25) is 0 Å². The van der Waals surface area contributed by atoms with Crippen LogP contribution in [0.1, 0.15) is 20.8 Å². The molecule has 0 aliphatic heterocycles. The molecular formula is C7H16O6SSi. The van der Waals surface area contributed by atoms with Gasteiger partial charge in [-0.25, -0.2) is 4.79 Å². The highest BCUT2D eigenvalue weighted by Crippen LogP contribution is 2.25. The molecule has 0 saturated heterocycles. The molecule has 0 radical (unpaired) electrons. The van der Waals surface area contributed by atoms with Gasteiger partial charge >= 0.3 is 14.1 Å². The van der Waals surface area contributed by atoms with E-state index in [0.717, 1.165) is 0 Å². The summed E-state index contributed by atoms with van der Waals surface area (Å²) in [6.45, 7) is 6.47. The maximum Gasteiger partial charge on any atom is 0.614 e. The van der Waals surface area contributed by atoms with E-state index in [0.29, 0.717) is 31.3 Å². The summed E-state index contributed by atoms with van der Waals surface area (Å²) in [7, 11) is -3.04. The second-order valence-corrected chi connectivity index (χ2v) is 6.43. The van der Waals surface area contributed by atoms with Crippen LogP contribution in [0.15, 0.2) is 0 Å². The molecule has 8 heteroatoms. The molecule has 0 aliphatic carbocycles. The van der Waals surface area contributed by atoms with Crippen LogP contribution in [0.3, 0.4) is 0 Å². The van der Waals surface area contributed by atoms with Crippen LogP contribution in [-0.4, -0.2) is 39.0 Å². The number of hydrogen-bond donors (Lipinski definition) is 1. The number of carboxylic acid groups (broad SMARTS) is 1. The van der Waals surface area contributed by atoms with E-state index in [4.69, 9.17) is 18.4 Å². The number of carbonyl (C=O) groups is 1. The first-order chi connectivity index (χ1) is 7.10. The molecule has 0 bridgehead atoms. The van der Waals surface area contributed by atoms with Crippen molar-refractivity contribution in [1.82, 2.24) is 0 Å².